The lowest BCUT2D eigenvalue weighted by atomic mass is 10.2. The van der Waals surface area contributed by atoms with Crippen LogP contribution in [0.2, 0.25) is 0 Å². The Morgan fingerprint density at radius 3 is 2.68 bits per heavy atom. The lowest BCUT2D eigenvalue weighted by molar-refractivity contribution is 0.102. The van der Waals surface area contributed by atoms with E-state index in [-0.39, 0.29) is 5.91 Å². The Balaban J connectivity index is 1.97. The summed E-state index contributed by atoms with van der Waals surface area (Å²) in [5, 5.41) is 5.75. The van der Waals surface area contributed by atoms with Crippen LogP contribution in [0.4, 0.5) is 11.6 Å². The van der Waals surface area contributed by atoms with Crippen molar-refractivity contribution in [2.45, 2.75) is 0 Å². The predicted molar refractivity (Wildman–Crippen MR) is 83.3 cm³/mol. The van der Waals surface area contributed by atoms with Gasteiger partial charge in [-0.2, -0.15) is 0 Å². The molecule has 1 heterocycles. The molecule has 0 saturated heterocycles. The number of amides is 1. The molecule has 0 aliphatic carbocycles. The van der Waals surface area contributed by atoms with Crippen LogP contribution >= 0.6 is 0 Å². The summed E-state index contributed by atoms with van der Waals surface area (Å²) in [4.78, 5) is 20.3. The molecule has 2 N–H and O–H groups in total. The number of nitrogens with one attached hydrogen (secondary N) is 2. The fraction of sp³-hybridized carbons (Fsp3) is 0.267. The zero-order valence-electron chi connectivity index (χ0n) is 12.5. The van der Waals surface area contributed by atoms with E-state index in [1.165, 1.54) is 12.4 Å². The van der Waals surface area contributed by atoms with Gasteiger partial charge in [-0.3, -0.25) is 4.79 Å². The number of methoxy groups -OCH3 is 2. The second kappa shape index (κ2) is 7.94. The van der Waals surface area contributed by atoms with E-state index in [2.05, 4.69) is 20.6 Å². The van der Waals surface area contributed by atoms with Crippen LogP contribution in [0.5, 0.6) is 5.75 Å². The number of nitrogens with zero attached hydrogens (tertiary/aromatic N) is 2. The van der Waals surface area contributed by atoms with Gasteiger partial charge in [0.15, 0.2) is 0 Å². The quantitative estimate of drug-likeness (QED) is 0.759. The molecule has 2 aromatic rings. The maximum atomic E-state index is 12.1. The van der Waals surface area contributed by atoms with Gasteiger partial charge in [0, 0.05) is 37.8 Å². The molecule has 7 heteroatoms. The normalized spacial score (nSPS) is 10.1. The molecule has 0 aliphatic heterocycles. The molecule has 116 valence electrons. The number of rotatable bonds is 7. The van der Waals surface area contributed by atoms with Gasteiger partial charge in [0.1, 0.15) is 5.75 Å². The predicted octanol–water partition coefficient (Wildman–Crippen LogP) is 1.80. The number of anilines is 2. The third-order valence-corrected chi connectivity index (χ3v) is 2.83. The number of benzene rings is 1. The molecule has 0 fully saturated rings. The fourth-order valence-corrected chi connectivity index (χ4v) is 1.71. The smallest absolute Gasteiger partial charge is 0.258 e. The first-order valence-electron chi connectivity index (χ1n) is 6.73. The molecule has 22 heavy (non-hydrogen) atoms. The first kappa shape index (κ1) is 15.7. The Bertz CT molecular complexity index is 616. The van der Waals surface area contributed by atoms with E-state index in [9.17, 15) is 4.79 Å². The molecule has 0 aliphatic rings. The second-order valence-corrected chi connectivity index (χ2v) is 4.40. The van der Waals surface area contributed by atoms with Crippen molar-refractivity contribution in [3.05, 3.63) is 42.2 Å². The van der Waals surface area contributed by atoms with E-state index in [0.717, 1.165) is 0 Å². The summed E-state index contributed by atoms with van der Waals surface area (Å²) >= 11 is 0. The molecule has 7 nitrogen and oxygen atoms in total. The van der Waals surface area contributed by atoms with Crippen LogP contribution in [0.3, 0.4) is 0 Å². The summed E-state index contributed by atoms with van der Waals surface area (Å²) in [6.45, 7) is 1.16. The van der Waals surface area contributed by atoms with Gasteiger partial charge >= 0.3 is 0 Å². The number of hydrogen-bond donors (Lipinski definition) is 2. The average molecular weight is 302 g/mol. The van der Waals surface area contributed by atoms with E-state index in [1.54, 1.807) is 38.5 Å². The molecule has 1 aromatic heterocycles. The van der Waals surface area contributed by atoms with Crippen LogP contribution in [0.15, 0.2) is 36.7 Å². The first-order chi connectivity index (χ1) is 10.7. The minimum absolute atomic E-state index is 0.281. The van der Waals surface area contributed by atoms with Gasteiger partial charge < -0.3 is 20.1 Å². The minimum Gasteiger partial charge on any atom is -0.497 e. The van der Waals surface area contributed by atoms with Gasteiger partial charge in [0.2, 0.25) is 5.95 Å². The van der Waals surface area contributed by atoms with Crippen molar-refractivity contribution in [3.63, 3.8) is 0 Å². The monoisotopic (exact) mass is 302 g/mol. The topological polar surface area (TPSA) is 85.4 Å². The fourth-order valence-electron chi connectivity index (χ4n) is 1.71. The molecule has 0 radical (unpaired) electrons. The lowest BCUT2D eigenvalue weighted by Crippen LogP contribution is -2.14. The molecule has 0 spiro atoms. The summed E-state index contributed by atoms with van der Waals surface area (Å²) in [6.07, 6.45) is 2.94. The molecular weight excluding hydrogens is 284 g/mol. The largest absolute Gasteiger partial charge is 0.497 e. The number of ether oxygens (including phenoxy) is 2. The van der Waals surface area contributed by atoms with Gasteiger partial charge in [-0.25, -0.2) is 9.97 Å². The van der Waals surface area contributed by atoms with Gasteiger partial charge in [-0.15, -0.1) is 0 Å². The third kappa shape index (κ3) is 4.42. The molecule has 0 atom stereocenters. The van der Waals surface area contributed by atoms with Gasteiger partial charge in [-0.1, -0.05) is 6.07 Å². The van der Waals surface area contributed by atoms with Crippen LogP contribution in [0.1, 0.15) is 10.4 Å². The van der Waals surface area contributed by atoms with Gasteiger partial charge in [-0.05, 0) is 12.1 Å². The molecular formula is C15H18N4O3. The van der Waals surface area contributed by atoms with Crippen LogP contribution in [0, 0.1) is 0 Å². The summed E-state index contributed by atoms with van der Waals surface area (Å²) in [5.41, 5.74) is 1.02. The second-order valence-electron chi connectivity index (χ2n) is 4.40. The molecule has 0 unspecified atom stereocenters. The van der Waals surface area contributed by atoms with E-state index in [4.69, 9.17) is 9.47 Å². The minimum atomic E-state index is -0.281. The maximum Gasteiger partial charge on any atom is 0.258 e. The van der Waals surface area contributed by atoms with Crippen LogP contribution in [0.25, 0.3) is 0 Å². The van der Waals surface area contributed by atoms with Crippen LogP contribution in [-0.4, -0.2) is 43.2 Å². The van der Waals surface area contributed by atoms with Gasteiger partial charge in [0.25, 0.3) is 5.91 Å². The highest BCUT2D eigenvalue weighted by Gasteiger charge is 2.08. The van der Waals surface area contributed by atoms with Gasteiger partial charge in [0.05, 0.1) is 19.3 Å². The van der Waals surface area contributed by atoms with Crippen molar-refractivity contribution in [1.82, 2.24) is 9.97 Å². The maximum absolute atomic E-state index is 12.1. The zero-order valence-corrected chi connectivity index (χ0v) is 12.5. The Morgan fingerprint density at radius 1 is 1.23 bits per heavy atom. The standard InChI is InChI=1S/C15H18N4O3/c1-21-7-6-16-15-17-9-11(10-18-15)14(20)19-12-4-3-5-13(8-12)22-2/h3-5,8-10H,6-7H2,1-2H3,(H,19,20)(H,16,17,18). The Kier molecular flexibility index (Phi) is 5.67. The van der Waals surface area contributed by atoms with Crippen molar-refractivity contribution in [2.75, 3.05) is 38.0 Å². The molecule has 1 aromatic carbocycles. The Morgan fingerprint density at radius 2 is 2.00 bits per heavy atom. The SMILES string of the molecule is COCCNc1ncc(C(=O)Nc2cccc(OC)c2)cn1. The lowest BCUT2D eigenvalue weighted by Gasteiger charge is -2.07. The van der Waals surface area contributed by atoms with Crippen LogP contribution < -0.4 is 15.4 Å². The molecule has 2 rings (SSSR count). The average Bonchev–Trinajstić information content (AvgIpc) is 2.56. The summed E-state index contributed by atoms with van der Waals surface area (Å²) < 4.78 is 10.0. The highest BCUT2D eigenvalue weighted by Crippen LogP contribution is 2.17. The number of carbonyl (C=O) groups excluding carboxylic acids is 1. The number of hydrogen-bond acceptors (Lipinski definition) is 6. The number of aromatic nitrogens is 2. The number of carbonyl (C=O) groups is 1. The van der Waals surface area contributed by atoms with E-state index in [0.29, 0.717) is 36.1 Å². The van der Waals surface area contributed by atoms with E-state index >= 15 is 0 Å². The van der Waals surface area contributed by atoms with Crippen molar-refractivity contribution in [3.8, 4) is 5.75 Å². The third-order valence-electron chi connectivity index (χ3n) is 2.83. The zero-order chi connectivity index (χ0) is 15.8. The first-order valence-corrected chi connectivity index (χ1v) is 6.73. The highest BCUT2D eigenvalue weighted by atomic mass is 16.5. The van der Waals surface area contributed by atoms with Crippen molar-refractivity contribution in [2.24, 2.45) is 0 Å². The van der Waals surface area contributed by atoms with Crippen molar-refractivity contribution >= 4 is 17.5 Å². The van der Waals surface area contributed by atoms with Crippen molar-refractivity contribution < 1.29 is 14.3 Å². The molecule has 0 saturated carbocycles. The van der Waals surface area contributed by atoms with E-state index in [1.807, 2.05) is 0 Å². The summed E-state index contributed by atoms with van der Waals surface area (Å²) in [6, 6.07) is 7.12. The van der Waals surface area contributed by atoms with Crippen molar-refractivity contribution in [1.29, 1.82) is 0 Å². The summed E-state index contributed by atoms with van der Waals surface area (Å²) in [7, 11) is 3.19. The van der Waals surface area contributed by atoms with Crippen LogP contribution in [-0.2, 0) is 4.74 Å². The molecule has 0 bridgehead atoms. The van der Waals surface area contributed by atoms with E-state index < -0.39 is 0 Å². The Hall–Kier alpha value is -2.67. The molecule has 1 amide bonds. The summed E-state index contributed by atoms with van der Waals surface area (Å²) in [5.74, 6) is 0.846. The highest BCUT2D eigenvalue weighted by molar-refractivity contribution is 6.03. The Labute approximate surface area is 128 Å².